The van der Waals surface area contributed by atoms with Crippen molar-refractivity contribution in [3.8, 4) is 0 Å². The Hall–Kier alpha value is -0.820. The van der Waals surface area contributed by atoms with Gasteiger partial charge in [0.25, 0.3) is 0 Å². The number of carbonyl (C=O) groups is 1. The second-order valence-corrected chi connectivity index (χ2v) is 6.75. The highest BCUT2D eigenvalue weighted by atomic mass is 19.4. The van der Waals surface area contributed by atoms with E-state index in [9.17, 15) is 18.0 Å². The molecule has 1 aliphatic heterocycles. The van der Waals surface area contributed by atoms with Crippen molar-refractivity contribution in [1.29, 1.82) is 0 Å². The summed E-state index contributed by atoms with van der Waals surface area (Å²) in [5.74, 6) is 0.139. The highest BCUT2D eigenvalue weighted by Crippen LogP contribution is 2.36. The second kappa shape index (κ2) is 7.83. The van der Waals surface area contributed by atoms with Crippen molar-refractivity contribution in [3.63, 3.8) is 0 Å². The lowest BCUT2D eigenvalue weighted by molar-refractivity contribution is -0.174. The largest absolute Gasteiger partial charge is 0.411 e. The standard InChI is InChI=1S/C16H27F3N2O2/c1-14(22)21-10-9-20(8-5-11-23-13-16(17,18)19)12-15(21)6-3-2-4-7-15/h2-13H2,1H3. The molecule has 134 valence electrons. The molecule has 1 heterocycles. The molecule has 0 aromatic rings. The molecule has 0 aromatic heterocycles. The van der Waals surface area contributed by atoms with Crippen molar-refractivity contribution in [1.82, 2.24) is 9.80 Å². The Morgan fingerprint density at radius 3 is 2.48 bits per heavy atom. The van der Waals surface area contributed by atoms with Gasteiger partial charge < -0.3 is 9.64 Å². The number of amides is 1. The van der Waals surface area contributed by atoms with E-state index in [1.807, 2.05) is 4.90 Å². The lowest BCUT2D eigenvalue weighted by atomic mass is 9.78. The minimum absolute atomic E-state index is 0.0604. The summed E-state index contributed by atoms with van der Waals surface area (Å²) >= 11 is 0. The van der Waals surface area contributed by atoms with E-state index < -0.39 is 12.8 Å². The molecule has 0 unspecified atom stereocenters. The van der Waals surface area contributed by atoms with Gasteiger partial charge in [0.1, 0.15) is 6.61 Å². The molecule has 7 heteroatoms. The fourth-order valence-corrected chi connectivity index (χ4v) is 3.96. The van der Waals surface area contributed by atoms with Crippen LogP contribution in [-0.4, -0.2) is 66.8 Å². The van der Waals surface area contributed by atoms with Crippen LogP contribution in [0.1, 0.15) is 45.4 Å². The third kappa shape index (κ3) is 5.35. The quantitative estimate of drug-likeness (QED) is 0.724. The maximum absolute atomic E-state index is 12.0. The van der Waals surface area contributed by atoms with Gasteiger partial charge in [0, 0.05) is 39.7 Å². The number of alkyl halides is 3. The van der Waals surface area contributed by atoms with E-state index >= 15 is 0 Å². The van der Waals surface area contributed by atoms with E-state index in [2.05, 4.69) is 9.64 Å². The summed E-state index contributed by atoms with van der Waals surface area (Å²) in [5.41, 5.74) is -0.0604. The van der Waals surface area contributed by atoms with Crippen molar-refractivity contribution in [2.24, 2.45) is 0 Å². The van der Waals surface area contributed by atoms with Crippen molar-refractivity contribution >= 4 is 5.91 Å². The molecule has 0 bridgehead atoms. The number of carbonyl (C=O) groups excluding carboxylic acids is 1. The smallest absolute Gasteiger partial charge is 0.372 e. The zero-order chi connectivity index (χ0) is 16.9. The highest BCUT2D eigenvalue weighted by Gasteiger charge is 2.43. The molecule has 0 N–H and O–H groups in total. The summed E-state index contributed by atoms with van der Waals surface area (Å²) in [4.78, 5) is 16.3. The van der Waals surface area contributed by atoms with Gasteiger partial charge in [0.15, 0.2) is 0 Å². The Kier molecular flexibility index (Phi) is 6.31. The number of halogens is 3. The van der Waals surface area contributed by atoms with Gasteiger partial charge in [-0.05, 0) is 19.3 Å². The molecular weight excluding hydrogens is 309 g/mol. The van der Waals surface area contributed by atoms with Crippen LogP contribution in [0.15, 0.2) is 0 Å². The molecule has 1 amide bonds. The SMILES string of the molecule is CC(=O)N1CCN(CCCOCC(F)(F)F)CC12CCCCC2. The van der Waals surface area contributed by atoms with Crippen molar-refractivity contribution in [2.45, 2.75) is 57.2 Å². The van der Waals surface area contributed by atoms with Gasteiger partial charge in [-0.1, -0.05) is 19.3 Å². The monoisotopic (exact) mass is 336 g/mol. The number of piperazine rings is 1. The normalized spacial score (nSPS) is 22.5. The van der Waals surface area contributed by atoms with Crippen LogP contribution in [0.2, 0.25) is 0 Å². The predicted molar refractivity (Wildman–Crippen MR) is 81.1 cm³/mol. The van der Waals surface area contributed by atoms with Crippen LogP contribution in [0.3, 0.4) is 0 Å². The van der Waals surface area contributed by atoms with Crippen molar-refractivity contribution in [2.75, 3.05) is 39.4 Å². The summed E-state index contributed by atoms with van der Waals surface area (Å²) in [6.07, 6.45) is 1.92. The molecule has 1 saturated carbocycles. The third-order valence-electron chi connectivity index (χ3n) is 4.92. The lowest BCUT2D eigenvalue weighted by Gasteiger charge is -2.52. The fourth-order valence-electron chi connectivity index (χ4n) is 3.96. The van der Waals surface area contributed by atoms with E-state index in [1.165, 1.54) is 6.42 Å². The number of hydrogen-bond acceptors (Lipinski definition) is 3. The minimum Gasteiger partial charge on any atom is -0.372 e. The summed E-state index contributed by atoms with van der Waals surface area (Å²) in [6.45, 7) is 3.67. The van der Waals surface area contributed by atoms with E-state index in [1.54, 1.807) is 6.92 Å². The minimum atomic E-state index is -4.25. The van der Waals surface area contributed by atoms with Gasteiger partial charge in [-0.3, -0.25) is 9.69 Å². The number of ether oxygens (including phenoxy) is 1. The van der Waals surface area contributed by atoms with Gasteiger partial charge in [-0.25, -0.2) is 0 Å². The number of nitrogens with zero attached hydrogens (tertiary/aromatic N) is 2. The van der Waals surface area contributed by atoms with E-state index in [-0.39, 0.29) is 18.1 Å². The van der Waals surface area contributed by atoms with Crippen molar-refractivity contribution in [3.05, 3.63) is 0 Å². The van der Waals surface area contributed by atoms with Crippen molar-refractivity contribution < 1.29 is 22.7 Å². The van der Waals surface area contributed by atoms with E-state index in [0.29, 0.717) is 6.42 Å². The first kappa shape index (κ1) is 18.5. The molecule has 1 spiro atoms. The van der Waals surface area contributed by atoms with Gasteiger partial charge in [-0.15, -0.1) is 0 Å². The summed E-state index contributed by atoms with van der Waals surface area (Å²) in [6, 6.07) is 0. The zero-order valence-electron chi connectivity index (χ0n) is 13.8. The average Bonchev–Trinajstić information content (AvgIpc) is 2.46. The number of hydrogen-bond donors (Lipinski definition) is 0. The van der Waals surface area contributed by atoms with Crippen LogP contribution in [0.5, 0.6) is 0 Å². The summed E-state index contributed by atoms with van der Waals surface area (Å²) < 4.78 is 40.7. The topological polar surface area (TPSA) is 32.8 Å². The molecule has 0 aromatic carbocycles. The fraction of sp³-hybridized carbons (Fsp3) is 0.938. The maximum Gasteiger partial charge on any atom is 0.411 e. The molecule has 0 atom stereocenters. The molecule has 0 radical (unpaired) electrons. The van der Waals surface area contributed by atoms with Crippen LogP contribution >= 0.6 is 0 Å². The highest BCUT2D eigenvalue weighted by molar-refractivity contribution is 5.74. The maximum atomic E-state index is 12.0. The van der Waals surface area contributed by atoms with E-state index in [4.69, 9.17) is 0 Å². The average molecular weight is 336 g/mol. The number of rotatable bonds is 5. The third-order valence-corrected chi connectivity index (χ3v) is 4.92. The molecule has 4 nitrogen and oxygen atoms in total. The molecule has 2 aliphatic rings. The Morgan fingerprint density at radius 1 is 1.17 bits per heavy atom. The Morgan fingerprint density at radius 2 is 1.87 bits per heavy atom. The molecule has 23 heavy (non-hydrogen) atoms. The van der Waals surface area contributed by atoms with Gasteiger partial charge in [0.05, 0.1) is 5.54 Å². The Labute approximate surface area is 135 Å². The lowest BCUT2D eigenvalue weighted by Crippen LogP contribution is -2.64. The first-order valence-corrected chi connectivity index (χ1v) is 8.47. The van der Waals surface area contributed by atoms with Gasteiger partial charge in [-0.2, -0.15) is 13.2 Å². The van der Waals surface area contributed by atoms with Gasteiger partial charge in [0.2, 0.25) is 5.91 Å². The first-order chi connectivity index (χ1) is 10.8. The van der Waals surface area contributed by atoms with Crippen LogP contribution in [0.4, 0.5) is 13.2 Å². The van der Waals surface area contributed by atoms with Crippen LogP contribution in [0.25, 0.3) is 0 Å². The zero-order valence-corrected chi connectivity index (χ0v) is 13.8. The molecule has 2 fully saturated rings. The predicted octanol–water partition coefficient (Wildman–Crippen LogP) is 2.82. The first-order valence-electron chi connectivity index (χ1n) is 8.47. The van der Waals surface area contributed by atoms with Crippen LogP contribution < -0.4 is 0 Å². The van der Waals surface area contributed by atoms with E-state index in [0.717, 1.165) is 51.9 Å². The molecular formula is C16H27F3N2O2. The molecule has 2 rings (SSSR count). The van der Waals surface area contributed by atoms with Gasteiger partial charge >= 0.3 is 6.18 Å². The Balaban J connectivity index is 1.80. The van der Waals surface area contributed by atoms with Crippen LogP contribution in [0, 0.1) is 0 Å². The summed E-state index contributed by atoms with van der Waals surface area (Å²) in [5, 5.41) is 0. The second-order valence-electron chi connectivity index (χ2n) is 6.75. The molecule has 1 aliphatic carbocycles. The van der Waals surface area contributed by atoms with Crippen LogP contribution in [-0.2, 0) is 9.53 Å². The Bertz CT molecular complexity index is 395. The molecule has 1 saturated heterocycles. The summed E-state index contributed by atoms with van der Waals surface area (Å²) in [7, 11) is 0.